The summed E-state index contributed by atoms with van der Waals surface area (Å²) in [6.07, 6.45) is -0.794. The largest absolute Gasteiger partial charge is 0.459 e. The van der Waals surface area contributed by atoms with E-state index in [4.69, 9.17) is 0 Å². The van der Waals surface area contributed by atoms with Crippen LogP contribution in [0.5, 0.6) is 0 Å². The zero-order chi connectivity index (χ0) is 27.5. The lowest BCUT2D eigenvalue weighted by Gasteiger charge is -2.27. The Morgan fingerprint density at radius 1 is 1.00 bits per heavy atom. The fourth-order valence-electron chi connectivity index (χ4n) is 4.55. The third kappa shape index (κ3) is 4.79. The first-order valence-corrected chi connectivity index (χ1v) is 13.2. The zero-order valence-electron chi connectivity index (χ0n) is 19.6. The van der Waals surface area contributed by atoms with Crippen LogP contribution in [0.2, 0.25) is 0 Å². The Morgan fingerprint density at radius 2 is 1.74 bits per heavy atom. The molecular weight excluding hydrogens is 541 g/mol. The number of pyridine rings is 1. The molecule has 0 N–H and O–H groups in total. The molecule has 0 amide bonds. The number of anilines is 1. The van der Waals surface area contributed by atoms with Gasteiger partial charge < -0.3 is 0 Å². The van der Waals surface area contributed by atoms with E-state index in [1.54, 1.807) is 6.08 Å². The molecule has 38 heavy (non-hydrogen) atoms. The number of halogens is 7. The minimum absolute atomic E-state index is 0.139. The van der Waals surface area contributed by atoms with Gasteiger partial charge in [-0.15, -0.1) is 0 Å². The molecule has 0 radical (unpaired) electrons. The second-order valence-electron chi connectivity index (χ2n) is 9.37. The lowest BCUT2D eigenvalue weighted by atomic mass is 9.95. The SMILES string of the molecule is O=S(=O)(C1CC1)N1CC=C(c2cncc(C3CC(C(F)(F)C(F)(F)F)=NN3c3ccc(F)cc3F)c2)CC1. The average Bonchev–Trinajstić information content (AvgIpc) is 3.63. The number of aromatic nitrogens is 1. The molecule has 6 nitrogen and oxygen atoms in total. The highest BCUT2D eigenvalue weighted by Gasteiger charge is 2.63. The number of hydrogen-bond donors (Lipinski definition) is 0. The van der Waals surface area contributed by atoms with Crippen LogP contribution in [-0.2, 0) is 10.0 Å². The number of benzene rings is 1. The minimum Gasteiger partial charge on any atom is -0.264 e. The molecule has 1 fully saturated rings. The number of rotatable bonds is 6. The lowest BCUT2D eigenvalue weighted by Crippen LogP contribution is -2.43. The summed E-state index contributed by atoms with van der Waals surface area (Å²) >= 11 is 0. The quantitative estimate of drug-likeness (QED) is 0.440. The molecule has 0 bridgehead atoms. The van der Waals surface area contributed by atoms with Gasteiger partial charge in [0.25, 0.3) is 0 Å². The monoisotopic (exact) mass is 562 g/mol. The molecule has 3 aliphatic rings. The number of alkyl halides is 5. The molecule has 0 saturated heterocycles. The van der Waals surface area contributed by atoms with Crippen LogP contribution in [0.25, 0.3) is 5.57 Å². The average molecular weight is 563 g/mol. The van der Waals surface area contributed by atoms with E-state index in [0.29, 0.717) is 35.9 Å². The summed E-state index contributed by atoms with van der Waals surface area (Å²) in [7, 11) is -3.37. The van der Waals surface area contributed by atoms with Gasteiger partial charge in [0.05, 0.1) is 17.0 Å². The van der Waals surface area contributed by atoms with Crippen LogP contribution in [0.3, 0.4) is 0 Å². The first kappa shape index (κ1) is 26.6. The first-order chi connectivity index (χ1) is 17.8. The predicted octanol–water partition coefficient (Wildman–Crippen LogP) is 5.45. The third-order valence-corrected chi connectivity index (χ3v) is 9.14. The predicted molar refractivity (Wildman–Crippen MR) is 125 cm³/mol. The Balaban J connectivity index is 1.47. The molecule has 1 aromatic heterocycles. The molecule has 1 aliphatic carbocycles. The van der Waals surface area contributed by atoms with Crippen LogP contribution in [0.1, 0.15) is 42.9 Å². The number of nitrogens with zero attached hydrogens (tertiary/aromatic N) is 4. The van der Waals surface area contributed by atoms with Gasteiger partial charge in [0, 0.05) is 38.0 Å². The fourth-order valence-corrected chi connectivity index (χ4v) is 6.33. The molecule has 1 atom stereocenters. The van der Waals surface area contributed by atoms with Gasteiger partial charge in [-0.1, -0.05) is 6.08 Å². The highest BCUT2D eigenvalue weighted by Crippen LogP contribution is 2.45. The Bertz CT molecular complexity index is 1420. The van der Waals surface area contributed by atoms with Gasteiger partial charge in [-0.2, -0.15) is 31.4 Å². The van der Waals surface area contributed by atoms with Crippen LogP contribution in [0, 0.1) is 11.6 Å². The Hall–Kier alpha value is -3.00. The molecule has 1 saturated carbocycles. The van der Waals surface area contributed by atoms with E-state index in [2.05, 4.69) is 10.1 Å². The normalized spacial score (nSPS) is 21.4. The zero-order valence-corrected chi connectivity index (χ0v) is 20.4. The van der Waals surface area contributed by atoms with Crippen molar-refractivity contribution in [2.24, 2.45) is 5.10 Å². The number of hydrazone groups is 1. The van der Waals surface area contributed by atoms with Crippen LogP contribution in [0.4, 0.5) is 36.4 Å². The summed E-state index contributed by atoms with van der Waals surface area (Å²) in [4.78, 5) is 4.10. The highest BCUT2D eigenvalue weighted by molar-refractivity contribution is 7.90. The molecule has 3 heterocycles. The molecule has 14 heteroatoms. The Labute approximate surface area is 213 Å². The van der Waals surface area contributed by atoms with Gasteiger partial charge in [-0.05, 0) is 54.2 Å². The van der Waals surface area contributed by atoms with Crippen LogP contribution < -0.4 is 5.01 Å². The number of hydrogen-bond acceptors (Lipinski definition) is 5. The van der Waals surface area contributed by atoms with Gasteiger partial charge in [0.2, 0.25) is 10.0 Å². The fraction of sp³-hybridized carbons (Fsp3) is 0.417. The van der Waals surface area contributed by atoms with E-state index in [1.807, 2.05) is 0 Å². The Morgan fingerprint density at radius 3 is 2.34 bits per heavy atom. The summed E-state index contributed by atoms with van der Waals surface area (Å²) < 4.78 is 122. The molecule has 204 valence electrons. The molecule has 2 aliphatic heterocycles. The summed E-state index contributed by atoms with van der Waals surface area (Å²) in [5, 5.41) is 3.78. The maximum absolute atomic E-state index is 14.6. The standard InChI is InChI=1S/C24H21F7N4O2S/c25-17-1-4-20(19(26)10-17)35-21(11-22(33-35)23(27,28)24(29,30)31)16-9-15(12-32-13-16)14-5-7-34(8-6-14)38(36,37)18-2-3-18/h1,4-5,9-10,12-13,18,21H,2-3,6-8,11H2. The van der Waals surface area contributed by atoms with Crippen molar-refractivity contribution in [1.29, 1.82) is 0 Å². The summed E-state index contributed by atoms with van der Waals surface area (Å²) in [5.41, 5.74) is -0.575. The van der Waals surface area contributed by atoms with Crippen molar-refractivity contribution < 1.29 is 39.2 Å². The molecule has 1 aromatic carbocycles. The maximum Gasteiger partial charge on any atom is 0.459 e. The van der Waals surface area contributed by atoms with Crippen molar-refractivity contribution in [2.45, 2.75) is 49.1 Å². The van der Waals surface area contributed by atoms with Gasteiger partial charge in [0.1, 0.15) is 11.5 Å². The smallest absolute Gasteiger partial charge is 0.264 e. The molecule has 1 unspecified atom stereocenters. The van der Waals surface area contributed by atoms with Gasteiger partial charge in [-0.25, -0.2) is 17.2 Å². The van der Waals surface area contributed by atoms with Crippen LogP contribution in [0.15, 0.2) is 47.8 Å². The topological polar surface area (TPSA) is 65.9 Å². The molecule has 5 rings (SSSR count). The van der Waals surface area contributed by atoms with Gasteiger partial charge in [0.15, 0.2) is 5.82 Å². The van der Waals surface area contributed by atoms with E-state index in [9.17, 15) is 39.2 Å². The lowest BCUT2D eigenvalue weighted by molar-refractivity contribution is -0.249. The third-order valence-electron chi connectivity index (χ3n) is 6.78. The van der Waals surface area contributed by atoms with Crippen molar-refractivity contribution in [3.05, 3.63) is 65.5 Å². The highest BCUT2D eigenvalue weighted by atomic mass is 32.2. The first-order valence-electron chi connectivity index (χ1n) is 11.7. The van der Waals surface area contributed by atoms with E-state index in [0.717, 1.165) is 17.7 Å². The van der Waals surface area contributed by atoms with E-state index in [-0.39, 0.29) is 23.9 Å². The van der Waals surface area contributed by atoms with Crippen molar-refractivity contribution in [1.82, 2.24) is 9.29 Å². The van der Waals surface area contributed by atoms with Gasteiger partial charge >= 0.3 is 12.1 Å². The number of sulfonamides is 1. The molecule has 2 aromatic rings. The molecule has 0 spiro atoms. The summed E-state index contributed by atoms with van der Waals surface area (Å²) in [6, 6.07) is 2.46. The van der Waals surface area contributed by atoms with Crippen molar-refractivity contribution in [3.8, 4) is 0 Å². The van der Waals surface area contributed by atoms with Crippen molar-refractivity contribution in [2.75, 3.05) is 18.1 Å². The van der Waals surface area contributed by atoms with Gasteiger partial charge in [-0.3, -0.25) is 9.99 Å². The maximum atomic E-state index is 14.6. The summed E-state index contributed by atoms with van der Waals surface area (Å²) in [5.74, 6) is -7.42. The second kappa shape index (κ2) is 9.33. The van der Waals surface area contributed by atoms with Crippen molar-refractivity contribution >= 4 is 27.0 Å². The Kier molecular flexibility index (Phi) is 6.53. The van der Waals surface area contributed by atoms with Crippen LogP contribution >= 0.6 is 0 Å². The minimum atomic E-state index is -5.92. The van der Waals surface area contributed by atoms with Crippen LogP contribution in [-0.4, -0.2) is 53.9 Å². The molecular formula is C24H21F7N4O2S. The van der Waals surface area contributed by atoms with E-state index in [1.165, 1.54) is 22.8 Å². The van der Waals surface area contributed by atoms with Crippen molar-refractivity contribution in [3.63, 3.8) is 0 Å². The second-order valence-corrected chi connectivity index (χ2v) is 11.6. The van der Waals surface area contributed by atoms with E-state index < -0.39 is 57.6 Å². The summed E-state index contributed by atoms with van der Waals surface area (Å²) in [6.45, 7) is 0.371. The van der Waals surface area contributed by atoms with E-state index >= 15 is 0 Å².